The summed E-state index contributed by atoms with van der Waals surface area (Å²) in [6.07, 6.45) is 0. The van der Waals surface area contributed by atoms with Gasteiger partial charge in [-0.05, 0) is 42.3 Å². The van der Waals surface area contributed by atoms with Gasteiger partial charge in [0.1, 0.15) is 19.0 Å². The molecule has 6 heteroatoms. The minimum Gasteiger partial charge on any atom is -0.486 e. The number of hydrogen-bond donors (Lipinski definition) is 1. The molecule has 0 bridgehead atoms. The van der Waals surface area contributed by atoms with E-state index in [4.69, 9.17) is 9.47 Å². The van der Waals surface area contributed by atoms with Gasteiger partial charge in [-0.25, -0.2) is 4.39 Å². The maximum Gasteiger partial charge on any atom is 0.230 e. The zero-order chi connectivity index (χ0) is 17.6. The third-order valence-corrected chi connectivity index (χ3v) is 4.86. The first-order valence-electron chi connectivity index (χ1n) is 8.13. The van der Waals surface area contributed by atoms with Crippen LogP contribution in [-0.2, 0) is 10.5 Å². The van der Waals surface area contributed by atoms with Gasteiger partial charge < -0.3 is 14.8 Å². The van der Waals surface area contributed by atoms with Gasteiger partial charge in [0.15, 0.2) is 11.5 Å². The van der Waals surface area contributed by atoms with E-state index >= 15 is 0 Å². The van der Waals surface area contributed by atoms with Gasteiger partial charge in [0.2, 0.25) is 5.91 Å². The molecule has 0 radical (unpaired) electrons. The van der Waals surface area contributed by atoms with Crippen molar-refractivity contribution in [3.05, 3.63) is 59.4 Å². The molecule has 4 nitrogen and oxygen atoms in total. The Balaban J connectivity index is 1.48. The lowest BCUT2D eigenvalue weighted by molar-refractivity contribution is -0.119. The highest BCUT2D eigenvalue weighted by molar-refractivity contribution is 7.99. The Bertz CT molecular complexity index is 736. The normalized spacial score (nSPS) is 14.0. The predicted molar refractivity (Wildman–Crippen MR) is 96.6 cm³/mol. The van der Waals surface area contributed by atoms with Crippen molar-refractivity contribution in [1.82, 2.24) is 5.32 Å². The van der Waals surface area contributed by atoms with E-state index in [-0.39, 0.29) is 17.8 Å². The molecule has 0 aliphatic carbocycles. The van der Waals surface area contributed by atoms with E-state index in [0.29, 0.717) is 24.7 Å². The van der Waals surface area contributed by atoms with Crippen LogP contribution in [0.1, 0.15) is 24.1 Å². The number of carbonyl (C=O) groups excluding carboxylic acids is 1. The van der Waals surface area contributed by atoms with Crippen LogP contribution in [0.4, 0.5) is 4.39 Å². The molecule has 0 unspecified atom stereocenters. The van der Waals surface area contributed by atoms with E-state index in [2.05, 4.69) is 5.32 Å². The number of ether oxygens (including phenoxy) is 2. The number of fused-ring (bicyclic) bond motifs is 1. The molecule has 0 aromatic heterocycles. The average Bonchev–Trinajstić information content (AvgIpc) is 2.63. The van der Waals surface area contributed by atoms with Gasteiger partial charge in [-0.3, -0.25) is 4.79 Å². The van der Waals surface area contributed by atoms with Crippen LogP contribution in [0.2, 0.25) is 0 Å². The topological polar surface area (TPSA) is 47.6 Å². The van der Waals surface area contributed by atoms with Crippen molar-refractivity contribution < 1.29 is 18.7 Å². The first kappa shape index (κ1) is 17.6. The van der Waals surface area contributed by atoms with Gasteiger partial charge in [0.25, 0.3) is 0 Å². The molecule has 2 aromatic carbocycles. The molecule has 1 aliphatic rings. The Morgan fingerprint density at radius 2 is 1.88 bits per heavy atom. The molecule has 0 spiro atoms. The lowest BCUT2D eigenvalue weighted by atomic mass is 10.1. The van der Waals surface area contributed by atoms with Crippen molar-refractivity contribution in [1.29, 1.82) is 0 Å². The van der Waals surface area contributed by atoms with Crippen molar-refractivity contribution in [2.75, 3.05) is 19.0 Å². The highest BCUT2D eigenvalue weighted by Crippen LogP contribution is 2.32. The third kappa shape index (κ3) is 4.89. The monoisotopic (exact) mass is 361 g/mol. The van der Waals surface area contributed by atoms with Gasteiger partial charge in [-0.15, -0.1) is 11.8 Å². The quantitative estimate of drug-likeness (QED) is 0.852. The Kier molecular flexibility index (Phi) is 5.81. The molecule has 1 atom stereocenters. The molecule has 0 saturated heterocycles. The average molecular weight is 361 g/mol. The molecule has 1 heterocycles. The van der Waals surface area contributed by atoms with E-state index in [1.165, 1.54) is 23.9 Å². The second-order valence-corrected chi connectivity index (χ2v) is 6.80. The van der Waals surface area contributed by atoms with Crippen LogP contribution >= 0.6 is 11.8 Å². The zero-order valence-electron chi connectivity index (χ0n) is 14.0. The molecule has 0 saturated carbocycles. The number of thioether (sulfide) groups is 1. The molecule has 2 aromatic rings. The Labute approximate surface area is 150 Å². The third-order valence-electron chi connectivity index (χ3n) is 3.86. The van der Waals surface area contributed by atoms with Crippen molar-refractivity contribution >= 4 is 17.7 Å². The number of carbonyl (C=O) groups is 1. The summed E-state index contributed by atoms with van der Waals surface area (Å²) in [5.74, 6) is 2.20. The molecule has 3 rings (SSSR count). The summed E-state index contributed by atoms with van der Waals surface area (Å²) in [7, 11) is 0. The lowest BCUT2D eigenvalue weighted by Crippen LogP contribution is -2.28. The molecule has 1 aliphatic heterocycles. The highest BCUT2D eigenvalue weighted by atomic mass is 32.2. The van der Waals surface area contributed by atoms with Crippen molar-refractivity contribution in [2.24, 2.45) is 0 Å². The molecule has 25 heavy (non-hydrogen) atoms. The smallest absolute Gasteiger partial charge is 0.230 e. The van der Waals surface area contributed by atoms with Gasteiger partial charge in [0.05, 0.1) is 11.8 Å². The number of rotatable bonds is 6. The van der Waals surface area contributed by atoms with Crippen LogP contribution in [0.3, 0.4) is 0 Å². The van der Waals surface area contributed by atoms with Gasteiger partial charge in [-0.1, -0.05) is 18.2 Å². The minimum atomic E-state index is -0.250. The molecule has 1 N–H and O–H groups in total. The molecular weight excluding hydrogens is 341 g/mol. The van der Waals surface area contributed by atoms with Crippen molar-refractivity contribution in [2.45, 2.75) is 18.7 Å². The van der Waals surface area contributed by atoms with Crippen molar-refractivity contribution in [3.63, 3.8) is 0 Å². The fourth-order valence-corrected chi connectivity index (χ4v) is 3.34. The maximum atomic E-state index is 12.9. The minimum absolute atomic E-state index is 0.0329. The van der Waals surface area contributed by atoms with Gasteiger partial charge in [0, 0.05) is 5.75 Å². The number of benzene rings is 2. The zero-order valence-corrected chi connectivity index (χ0v) is 14.8. The number of hydrogen-bond acceptors (Lipinski definition) is 4. The number of amides is 1. The summed E-state index contributed by atoms with van der Waals surface area (Å²) in [5, 5.41) is 2.98. The van der Waals surface area contributed by atoms with Crippen LogP contribution in [-0.4, -0.2) is 24.9 Å². The van der Waals surface area contributed by atoms with E-state index < -0.39 is 0 Å². The maximum absolute atomic E-state index is 12.9. The largest absolute Gasteiger partial charge is 0.486 e. The van der Waals surface area contributed by atoms with Crippen LogP contribution in [0.25, 0.3) is 0 Å². The van der Waals surface area contributed by atoms with Gasteiger partial charge >= 0.3 is 0 Å². The Hall–Kier alpha value is -2.21. The fourth-order valence-electron chi connectivity index (χ4n) is 2.54. The molecule has 1 amide bonds. The summed E-state index contributed by atoms with van der Waals surface area (Å²) in [6.45, 7) is 3.04. The highest BCUT2D eigenvalue weighted by Gasteiger charge is 2.15. The fraction of sp³-hybridized carbons (Fsp3) is 0.316. The summed E-state index contributed by atoms with van der Waals surface area (Å²) < 4.78 is 23.9. The van der Waals surface area contributed by atoms with Crippen LogP contribution < -0.4 is 14.8 Å². The van der Waals surface area contributed by atoms with Crippen molar-refractivity contribution in [3.8, 4) is 11.5 Å². The summed E-state index contributed by atoms with van der Waals surface area (Å²) in [6, 6.07) is 11.9. The predicted octanol–water partition coefficient (Wildman–Crippen LogP) is 3.71. The standard InChI is InChI=1S/C19H20FNO3S/c1-13(15-4-7-17-18(10-15)24-9-8-23-17)21-19(22)12-25-11-14-2-5-16(20)6-3-14/h2-7,10,13H,8-9,11-12H2,1H3,(H,21,22)/t13-/m1/s1. The van der Waals surface area contributed by atoms with E-state index in [9.17, 15) is 9.18 Å². The van der Waals surface area contributed by atoms with E-state index in [1.807, 2.05) is 25.1 Å². The Morgan fingerprint density at radius 1 is 1.16 bits per heavy atom. The van der Waals surface area contributed by atoms with Gasteiger partial charge in [-0.2, -0.15) is 0 Å². The second-order valence-electron chi connectivity index (χ2n) is 5.81. The first-order valence-corrected chi connectivity index (χ1v) is 9.28. The van der Waals surface area contributed by atoms with E-state index in [1.54, 1.807) is 12.1 Å². The summed E-state index contributed by atoms with van der Waals surface area (Å²) in [4.78, 5) is 12.1. The summed E-state index contributed by atoms with van der Waals surface area (Å²) >= 11 is 1.50. The molecular formula is C19H20FNO3S. The lowest BCUT2D eigenvalue weighted by Gasteiger charge is -2.21. The Morgan fingerprint density at radius 3 is 2.64 bits per heavy atom. The molecule has 132 valence electrons. The second kappa shape index (κ2) is 8.25. The SMILES string of the molecule is C[C@@H](NC(=O)CSCc1ccc(F)cc1)c1ccc2c(c1)OCCO2. The van der Waals surface area contributed by atoms with E-state index in [0.717, 1.165) is 22.6 Å². The molecule has 0 fully saturated rings. The van der Waals surface area contributed by atoms with Crippen LogP contribution in [0.5, 0.6) is 11.5 Å². The number of nitrogens with one attached hydrogen (secondary N) is 1. The van der Waals surface area contributed by atoms with Crippen LogP contribution in [0, 0.1) is 5.82 Å². The van der Waals surface area contributed by atoms with Crippen LogP contribution in [0.15, 0.2) is 42.5 Å². The first-order chi connectivity index (χ1) is 12.1. The summed E-state index contributed by atoms with van der Waals surface area (Å²) in [5.41, 5.74) is 1.97. The number of halogens is 1.